The maximum atomic E-state index is 12.1. The van der Waals surface area contributed by atoms with Crippen molar-refractivity contribution in [3.63, 3.8) is 0 Å². The van der Waals surface area contributed by atoms with Crippen molar-refractivity contribution in [2.24, 2.45) is 4.99 Å². The minimum atomic E-state index is -0.524. The van der Waals surface area contributed by atoms with Crippen molar-refractivity contribution in [1.29, 1.82) is 0 Å². The molecule has 0 saturated carbocycles. The average molecular weight is 414 g/mol. The number of H-pyrrole nitrogens is 1. The zero-order chi connectivity index (χ0) is 20.2. The number of carbonyl (C=O) groups excluding carboxylic acids is 1. The first-order valence-electron chi connectivity index (χ1n) is 9.54. The lowest BCUT2D eigenvalue weighted by Gasteiger charge is -2.20. The van der Waals surface area contributed by atoms with Crippen LogP contribution in [-0.2, 0) is 4.74 Å². The molecule has 8 nitrogen and oxygen atoms in total. The highest BCUT2D eigenvalue weighted by atomic mass is 32.2. The Kier molecular flexibility index (Phi) is 5.75. The number of ether oxygens (including phenoxy) is 1. The highest BCUT2D eigenvalue weighted by Crippen LogP contribution is 2.20. The first-order valence-corrected chi connectivity index (χ1v) is 10.5. The fourth-order valence-corrected chi connectivity index (χ4v) is 4.15. The molecule has 4 rings (SSSR count). The predicted molar refractivity (Wildman–Crippen MR) is 112 cm³/mol. The molecule has 1 saturated heterocycles. The van der Waals surface area contributed by atoms with Crippen molar-refractivity contribution in [2.75, 3.05) is 37.4 Å². The largest absolute Gasteiger partial charge is 0.465 e. The quantitative estimate of drug-likeness (QED) is 0.279. The third-order valence-corrected chi connectivity index (χ3v) is 5.71. The van der Waals surface area contributed by atoms with Gasteiger partial charge in [-0.3, -0.25) is 4.99 Å². The van der Waals surface area contributed by atoms with Gasteiger partial charge >= 0.3 is 5.97 Å². The summed E-state index contributed by atoms with van der Waals surface area (Å²) < 4.78 is 5.85. The molecule has 152 valence electrons. The normalized spacial score (nSPS) is 14.7. The number of pyridine rings is 1. The van der Waals surface area contributed by atoms with E-state index in [-0.39, 0.29) is 11.1 Å². The minimum Gasteiger partial charge on any atom is -0.465 e. The Hall–Kier alpha value is -2.94. The minimum absolute atomic E-state index is 0.214. The molecule has 0 atom stereocenters. The lowest BCUT2D eigenvalue weighted by atomic mass is 10.2. The smallest absolute Gasteiger partial charge is 0.341 e. The molecule has 29 heavy (non-hydrogen) atoms. The van der Waals surface area contributed by atoms with Crippen molar-refractivity contribution < 1.29 is 14.7 Å². The number of benzene rings is 1. The fraction of sp³-hybridized carbons (Fsp3) is 0.350. The number of rotatable bonds is 6. The molecule has 0 spiro atoms. The summed E-state index contributed by atoms with van der Waals surface area (Å²) in [6.45, 7) is 2.16. The Labute approximate surface area is 172 Å². The van der Waals surface area contributed by atoms with E-state index >= 15 is 0 Å². The fourth-order valence-electron chi connectivity index (χ4n) is 3.42. The molecule has 0 aliphatic carbocycles. The van der Waals surface area contributed by atoms with Crippen LogP contribution in [0.2, 0.25) is 0 Å². The molecule has 3 heterocycles. The number of fused-ring (bicyclic) bond motifs is 1. The third kappa shape index (κ3) is 4.09. The lowest BCUT2D eigenvalue weighted by Crippen LogP contribution is -2.33. The maximum absolute atomic E-state index is 12.1. The van der Waals surface area contributed by atoms with E-state index in [1.54, 1.807) is 23.9 Å². The van der Waals surface area contributed by atoms with E-state index in [0.29, 0.717) is 18.1 Å². The van der Waals surface area contributed by atoms with Gasteiger partial charge in [0.25, 0.3) is 0 Å². The summed E-state index contributed by atoms with van der Waals surface area (Å²) in [5.74, 6) is 0.761. The molecule has 1 aliphatic rings. The number of carbonyl (C=O) groups is 1. The molecule has 1 aliphatic heterocycles. The average Bonchev–Trinajstić information content (AvgIpc) is 3.40. The van der Waals surface area contributed by atoms with Crippen molar-refractivity contribution in [2.45, 2.75) is 18.0 Å². The number of nitrogens with one attached hydrogen (secondary N) is 1. The summed E-state index contributed by atoms with van der Waals surface area (Å²) in [5.41, 5.74) is 2.37. The number of esters is 1. The Morgan fingerprint density at radius 3 is 2.83 bits per heavy atom. The molecule has 0 bridgehead atoms. The van der Waals surface area contributed by atoms with Gasteiger partial charge in [0.05, 0.1) is 24.7 Å². The van der Waals surface area contributed by atoms with Gasteiger partial charge < -0.3 is 19.8 Å². The molecule has 1 fully saturated rings. The Balaban J connectivity index is 1.55. The summed E-state index contributed by atoms with van der Waals surface area (Å²) in [5, 5.41) is 11.6. The Morgan fingerprint density at radius 1 is 1.28 bits per heavy atom. The Bertz CT molecular complexity index is 1050. The van der Waals surface area contributed by atoms with Gasteiger partial charge in [-0.05, 0) is 37.1 Å². The second-order valence-electron chi connectivity index (χ2n) is 6.72. The van der Waals surface area contributed by atoms with Gasteiger partial charge in [-0.15, -0.1) is 0 Å². The van der Waals surface area contributed by atoms with Crippen LogP contribution in [0.4, 0.5) is 5.82 Å². The van der Waals surface area contributed by atoms with Gasteiger partial charge in [0.1, 0.15) is 11.4 Å². The second kappa shape index (κ2) is 8.60. The lowest BCUT2D eigenvalue weighted by molar-refractivity contribution is 0.0591. The number of anilines is 1. The molecule has 0 unspecified atom stereocenters. The molecule has 2 aromatic heterocycles. The number of hydrogen-bond acceptors (Lipinski definition) is 7. The van der Waals surface area contributed by atoms with E-state index in [2.05, 4.69) is 19.9 Å². The van der Waals surface area contributed by atoms with Crippen LogP contribution < -0.4 is 10.4 Å². The number of methoxy groups -OCH3 is 1. The monoisotopic (exact) mass is 413 g/mol. The maximum Gasteiger partial charge on any atom is 0.341 e. The van der Waals surface area contributed by atoms with Crippen LogP contribution >= 0.6 is 11.8 Å². The van der Waals surface area contributed by atoms with Gasteiger partial charge in [-0.25, -0.2) is 9.78 Å². The molecule has 9 heteroatoms. The zero-order valence-corrected chi connectivity index (χ0v) is 17.0. The van der Waals surface area contributed by atoms with Crippen LogP contribution in [0.25, 0.3) is 11.0 Å². The van der Waals surface area contributed by atoms with E-state index in [4.69, 9.17) is 4.74 Å². The first-order chi connectivity index (χ1) is 14.2. The van der Waals surface area contributed by atoms with Crippen molar-refractivity contribution in [1.82, 2.24) is 14.7 Å². The number of thioether (sulfide) groups is 1. The van der Waals surface area contributed by atoms with Gasteiger partial charge in [0.2, 0.25) is 0 Å². The highest BCUT2D eigenvalue weighted by molar-refractivity contribution is 7.99. The molecule has 1 aromatic carbocycles. The van der Waals surface area contributed by atoms with Crippen LogP contribution in [0.15, 0.2) is 46.5 Å². The van der Waals surface area contributed by atoms with Crippen molar-refractivity contribution >= 4 is 34.6 Å². The molecule has 0 radical (unpaired) electrons. The summed E-state index contributed by atoms with van der Waals surface area (Å²) in [6, 6.07) is 11.3. The number of para-hydroxylation sites is 2. The number of aromatic amines is 1. The van der Waals surface area contributed by atoms with E-state index in [0.717, 1.165) is 46.9 Å². The van der Waals surface area contributed by atoms with E-state index < -0.39 is 5.97 Å². The van der Waals surface area contributed by atoms with E-state index in [9.17, 15) is 10.0 Å². The van der Waals surface area contributed by atoms with Crippen LogP contribution in [0.3, 0.4) is 0 Å². The summed E-state index contributed by atoms with van der Waals surface area (Å²) in [4.78, 5) is 26.5. The standard InChI is InChI=1S/C20H23N5O3S/c1-28-19(26)14-8-9-17(24-11-4-5-12-24)25(27)18(14)21-10-13-29-20-22-15-6-2-3-7-16(15)23-20/h2-3,6-9,27H,4-5,10-13H2,1H3,(H,22,23). The van der Waals surface area contributed by atoms with E-state index in [1.807, 2.05) is 24.3 Å². The predicted octanol–water partition coefficient (Wildman–Crippen LogP) is 2.68. The topological polar surface area (TPSA) is 95.7 Å². The van der Waals surface area contributed by atoms with Crippen LogP contribution in [0.1, 0.15) is 23.2 Å². The Morgan fingerprint density at radius 2 is 2.07 bits per heavy atom. The van der Waals surface area contributed by atoms with Crippen LogP contribution in [0.5, 0.6) is 0 Å². The van der Waals surface area contributed by atoms with Gasteiger partial charge in [0.15, 0.2) is 10.6 Å². The summed E-state index contributed by atoms with van der Waals surface area (Å²) in [7, 11) is 1.32. The first kappa shape index (κ1) is 19.4. The highest BCUT2D eigenvalue weighted by Gasteiger charge is 2.19. The summed E-state index contributed by atoms with van der Waals surface area (Å²) >= 11 is 1.54. The van der Waals surface area contributed by atoms with Gasteiger partial charge in [-0.1, -0.05) is 23.9 Å². The van der Waals surface area contributed by atoms with Crippen molar-refractivity contribution in [3.8, 4) is 0 Å². The molecular formula is C20H23N5O3S. The number of aromatic nitrogens is 3. The second-order valence-corrected chi connectivity index (χ2v) is 7.80. The molecule has 2 N–H and O–H groups in total. The van der Waals surface area contributed by atoms with Gasteiger partial charge in [-0.2, -0.15) is 4.73 Å². The number of imidazole rings is 1. The third-order valence-electron chi connectivity index (χ3n) is 4.85. The van der Waals surface area contributed by atoms with Gasteiger partial charge in [0, 0.05) is 18.8 Å². The van der Waals surface area contributed by atoms with Crippen LogP contribution in [-0.4, -0.2) is 58.4 Å². The number of hydrogen-bond donors (Lipinski definition) is 2. The zero-order valence-electron chi connectivity index (χ0n) is 16.2. The number of nitrogens with zero attached hydrogens (tertiary/aromatic N) is 4. The SMILES string of the molecule is COC(=O)c1ccc(N2CCCC2)n(O)c1=NCCSc1nc2ccccc2[nH]1. The summed E-state index contributed by atoms with van der Waals surface area (Å²) in [6.07, 6.45) is 2.17. The molecule has 0 amide bonds. The molecule has 3 aromatic rings. The van der Waals surface area contributed by atoms with Crippen molar-refractivity contribution in [3.05, 3.63) is 47.4 Å². The van der Waals surface area contributed by atoms with E-state index in [1.165, 1.54) is 7.11 Å². The van der Waals surface area contributed by atoms with Crippen LogP contribution in [0, 0.1) is 0 Å². The molecular weight excluding hydrogens is 390 g/mol.